The Labute approximate surface area is 175 Å². The number of carbonyl (C=O) groups excluding carboxylic acids is 1. The van der Waals surface area contributed by atoms with E-state index in [0.717, 1.165) is 10.6 Å². The standard InChI is InChI=1S/C18H15Cl3N4OS/c1-25(9-11-3-2-4-14(20)16(11)21)10-15-23-24-18(27-15)17(26)22-13-7-5-12(19)6-8-13/h2-8H,9-10H2,1H3,(H,22,26). The van der Waals surface area contributed by atoms with Crippen LogP contribution in [0.15, 0.2) is 42.5 Å². The zero-order chi connectivity index (χ0) is 19.4. The molecule has 0 bridgehead atoms. The van der Waals surface area contributed by atoms with Crippen molar-refractivity contribution in [3.05, 3.63) is 73.1 Å². The molecular weight excluding hydrogens is 427 g/mol. The van der Waals surface area contributed by atoms with Crippen molar-refractivity contribution in [1.29, 1.82) is 0 Å². The van der Waals surface area contributed by atoms with Crippen LogP contribution in [0.25, 0.3) is 0 Å². The Bertz CT molecular complexity index is 946. The first-order chi connectivity index (χ1) is 12.9. The molecule has 0 aliphatic carbocycles. The zero-order valence-corrected chi connectivity index (χ0v) is 17.3. The molecule has 0 atom stereocenters. The number of hydrogen-bond acceptors (Lipinski definition) is 5. The highest BCUT2D eigenvalue weighted by atomic mass is 35.5. The molecule has 0 saturated carbocycles. The Balaban J connectivity index is 1.60. The molecule has 1 amide bonds. The predicted molar refractivity (Wildman–Crippen MR) is 111 cm³/mol. The summed E-state index contributed by atoms with van der Waals surface area (Å²) in [5.74, 6) is -0.304. The molecular formula is C18H15Cl3N4OS. The summed E-state index contributed by atoms with van der Waals surface area (Å²) in [6, 6.07) is 12.4. The highest BCUT2D eigenvalue weighted by molar-refractivity contribution is 7.13. The van der Waals surface area contributed by atoms with Crippen LogP contribution in [0, 0.1) is 0 Å². The maximum atomic E-state index is 12.3. The summed E-state index contributed by atoms with van der Waals surface area (Å²) in [6.45, 7) is 1.14. The van der Waals surface area contributed by atoms with E-state index >= 15 is 0 Å². The van der Waals surface area contributed by atoms with Crippen molar-refractivity contribution in [2.75, 3.05) is 12.4 Å². The van der Waals surface area contributed by atoms with Crippen molar-refractivity contribution >= 4 is 57.7 Å². The third-order valence-corrected chi connectivity index (χ3v) is 5.66. The molecule has 0 spiro atoms. The normalized spacial score (nSPS) is 11.0. The van der Waals surface area contributed by atoms with Gasteiger partial charge in [-0.15, -0.1) is 10.2 Å². The molecule has 0 unspecified atom stereocenters. The maximum Gasteiger partial charge on any atom is 0.286 e. The Morgan fingerprint density at radius 3 is 2.56 bits per heavy atom. The number of nitrogens with zero attached hydrogens (tertiary/aromatic N) is 3. The highest BCUT2D eigenvalue weighted by Crippen LogP contribution is 2.26. The van der Waals surface area contributed by atoms with Crippen LogP contribution in [0.2, 0.25) is 15.1 Å². The summed E-state index contributed by atoms with van der Waals surface area (Å²) in [7, 11) is 1.94. The van der Waals surface area contributed by atoms with Gasteiger partial charge in [0.1, 0.15) is 5.01 Å². The Morgan fingerprint density at radius 2 is 1.81 bits per heavy atom. The molecule has 0 aliphatic rings. The van der Waals surface area contributed by atoms with Gasteiger partial charge in [0.15, 0.2) is 0 Å². The number of hydrogen-bond donors (Lipinski definition) is 1. The molecule has 0 aliphatic heterocycles. The molecule has 3 rings (SSSR count). The molecule has 27 heavy (non-hydrogen) atoms. The molecule has 3 aromatic rings. The minimum absolute atomic E-state index is 0.300. The Hall–Kier alpha value is -1.70. The van der Waals surface area contributed by atoms with Crippen molar-refractivity contribution in [3.8, 4) is 0 Å². The van der Waals surface area contributed by atoms with E-state index in [-0.39, 0.29) is 5.91 Å². The van der Waals surface area contributed by atoms with Crippen molar-refractivity contribution in [1.82, 2.24) is 15.1 Å². The highest BCUT2D eigenvalue weighted by Gasteiger charge is 2.15. The molecule has 2 aromatic carbocycles. The van der Waals surface area contributed by atoms with Gasteiger partial charge >= 0.3 is 0 Å². The molecule has 1 aromatic heterocycles. The van der Waals surface area contributed by atoms with E-state index in [4.69, 9.17) is 34.8 Å². The number of anilines is 1. The van der Waals surface area contributed by atoms with Crippen molar-refractivity contribution in [2.24, 2.45) is 0 Å². The van der Waals surface area contributed by atoms with E-state index in [2.05, 4.69) is 15.5 Å². The Morgan fingerprint density at radius 1 is 1.07 bits per heavy atom. The quantitative estimate of drug-likeness (QED) is 0.558. The first kappa shape index (κ1) is 20.0. The lowest BCUT2D eigenvalue weighted by Crippen LogP contribution is -2.17. The Kier molecular flexibility index (Phi) is 6.68. The van der Waals surface area contributed by atoms with Gasteiger partial charge in [0.05, 0.1) is 16.6 Å². The second-order valence-electron chi connectivity index (χ2n) is 5.85. The number of amides is 1. The van der Waals surface area contributed by atoms with Crippen LogP contribution in [-0.4, -0.2) is 28.1 Å². The molecule has 5 nitrogen and oxygen atoms in total. The number of benzene rings is 2. The average Bonchev–Trinajstić information content (AvgIpc) is 3.09. The van der Waals surface area contributed by atoms with Crippen LogP contribution in [0.3, 0.4) is 0 Å². The number of halogens is 3. The molecule has 1 N–H and O–H groups in total. The fraction of sp³-hybridized carbons (Fsp3) is 0.167. The summed E-state index contributed by atoms with van der Waals surface area (Å²) < 4.78 is 0. The third kappa shape index (κ3) is 5.40. The van der Waals surface area contributed by atoms with Crippen molar-refractivity contribution in [3.63, 3.8) is 0 Å². The SMILES string of the molecule is CN(Cc1nnc(C(=O)Nc2ccc(Cl)cc2)s1)Cc1cccc(Cl)c1Cl. The minimum Gasteiger partial charge on any atom is -0.320 e. The van der Waals surface area contributed by atoms with Gasteiger partial charge in [0.25, 0.3) is 5.91 Å². The monoisotopic (exact) mass is 440 g/mol. The summed E-state index contributed by atoms with van der Waals surface area (Å²) in [5, 5.41) is 13.6. The first-order valence-corrected chi connectivity index (χ1v) is 9.88. The van der Waals surface area contributed by atoms with Gasteiger partial charge in [0.2, 0.25) is 5.01 Å². The smallest absolute Gasteiger partial charge is 0.286 e. The van der Waals surface area contributed by atoms with Crippen LogP contribution >= 0.6 is 46.1 Å². The number of carbonyl (C=O) groups is 1. The van der Waals surface area contributed by atoms with Gasteiger partial charge in [0, 0.05) is 17.3 Å². The largest absolute Gasteiger partial charge is 0.320 e. The number of nitrogens with one attached hydrogen (secondary N) is 1. The van der Waals surface area contributed by atoms with Crippen LogP contribution in [0.4, 0.5) is 5.69 Å². The van der Waals surface area contributed by atoms with Crippen LogP contribution in [0.5, 0.6) is 0 Å². The van der Waals surface area contributed by atoms with Gasteiger partial charge in [-0.3, -0.25) is 9.69 Å². The number of rotatable bonds is 6. The fourth-order valence-corrected chi connectivity index (χ4v) is 3.70. The van der Waals surface area contributed by atoms with Gasteiger partial charge in [-0.1, -0.05) is 58.3 Å². The van der Waals surface area contributed by atoms with Gasteiger partial charge < -0.3 is 5.32 Å². The number of aromatic nitrogens is 2. The van der Waals surface area contributed by atoms with Crippen molar-refractivity contribution < 1.29 is 4.79 Å². The van der Waals surface area contributed by atoms with Crippen LogP contribution in [0.1, 0.15) is 20.4 Å². The average molecular weight is 442 g/mol. The maximum absolute atomic E-state index is 12.3. The second-order valence-corrected chi connectivity index (χ2v) is 8.13. The summed E-state index contributed by atoms with van der Waals surface area (Å²) in [6.07, 6.45) is 0. The van der Waals surface area contributed by atoms with Gasteiger partial charge in [-0.25, -0.2) is 0 Å². The van der Waals surface area contributed by atoms with E-state index in [1.165, 1.54) is 11.3 Å². The molecule has 0 saturated heterocycles. The summed E-state index contributed by atoms with van der Waals surface area (Å²) >= 11 is 19.4. The second kappa shape index (κ2) is 8.99. The van der Waals surface area contributed by atoms with Gasteiger partial charge in [-0.05, 0) is 42.9 Å². The third-order valence-electron chi connectivity index (χ3n) is 3.64. The van der Waals surface area contributed by atoms with E-state index in [1.54, 1.807) is 30.3 Å². The lowest BCUT2D eigenvalue weighted by molar-refractivity contribution is 0.102. The van der Waals surface area contributed by atoms with Crippen molar-refractivity contribution in [2.45, 2.75) is 13.1 Å². The van der Waals surface area contributed by atoms with E-state index < -0.39 is 0 Å². The van der Waals surface area contributed by atoms with Crippen LogP contribution < -0.4 is 5.32 Å². The van der Waals surface area contributed by atoms with E-state index in [9.17, 15) is 4.79 Å². The first-order valence-electron chi connectivity index (χ1n) is 7.93. The molecule has 140 valence electrons. The molecule has 0 radical (unpaired) electrons. The zero-order valence-electron chi connectivity index (χ0n) is 14.2. The molecule has 1 heterocycles. The minimum atomic E-state index is -0.304. The van der Waals surface area contributed by atoms with E-state index in [0.29, 0.717) is 38.9 Å². The fourth-order valence-electron chi connectivity index (χ4n) is 2.38. The predicted octanol–water partition coefficient (Wildman–Crippen LogP) is 5.38. The summed E-state index contributed by atoms with van der Waals surface area (Å²) in [4.78, 5) is 14.3. The topological polar surface area (TPSA) is 58.1 Å². The molecule has 0 fully saturated rings. The lowest BCUT2D eigenvalue weighted by Gasteiger charge is -2.16. The molecule has 9 heteroatoms. The van der Waals surface area contributed by atoms with Gasteiger partial charge in [-0.2, -0.15) is 0 Å². The summed E-state index contributed by atoms with van der Waals surface area (Å²) in [5.41, 5.74) is 1.57. The van der Waals surface area contributed by atoms with E-state index in [1.807, 2.05) is 24.1 Å². The lowest BCUT2D eigenvalue weighted by atomic mass is 10.2. The van der Waals surface area contributed by atoms with Crippen LogP contribution in [-0.2, 0) is 13.1 Å².